The summed E-state index contributed by atoms with van der Waals surface area (Å²) >= 11 is 0. The number of piperidine rings is 1. The van der Waals surface area contributed by atoms with Crippen molar-refractivity contribution in [2.24, 2.45) is 0 Å². The summed E-state index contributed by atoms with van der Waals surface area (Å²) in [5, 5.41) is 4.13. The first-order valence-electron chi connectivity index (χ1n) is 8.17. The molecule has 0 N–H and O–H groups in total. The third-order valence-corrected chi connectivity index (χ3v) is 4.38. The van der Waals surface area contributed by atoms with Crippen LogP contribution in [0.15, 0.2) is 27.1 Å². The van der Waals surface area contributed by atoms with E-state index in [0.29, 0.717) is 11.9 Å². The minimum absolute atomic E-state index is 0.268. The number of fused-ring (bicyclic) bond motifs is 1. The van der Waals surface area contributed by atoms with E-state index >= 15 is 0 Å². The lowest BCUT2D eigenvalue weighted by molar-refractivity contribution is 0.366. The van der Waals surface area contributed by atoms with E-state index in [1.807, 2.05) is 19.1 Å². The van der Waals surface area contributed by atoms with Crippen molar-refractivity contribution >= 4 is 17.1 Å². The Balaban J connectivity index is 1.58. The molecule has 1 fully saturated rings. The first-order chi connectivity index (χ1) is 11.2. The van der Waals surface area contributed by atoms with Crippen LogP contribution in [0.5, 0.6) is 0 Å². The van der Waals surface area contributed by atoms with Crippen LogP contribution < -0.4 is 4.90 Å². The molecule has 0 aliphatic carbocycles. The third-order valence-electron chi connectivity index (χ3n) is 4.38. The molecule has 4 rings (SSSR count). The fraction of sp³-hybridized carbons (Fsp3) is 0.471. The highest BCUT2D eigenvalue weighted by Crippen LogP contribution is 2.30. The van der Waals surface area contributed by atoms with E-state index in [9.17, 15) is 0 Å². The minimum Gasteiger partial charge on any atom is -0.423 e. The van der Waals surface area contributed by atoms with Gasteiger partial charge in [-0.15, -0.1) is 0 Å². The number of benzene rings is 1. The van der Waals surface area contributed by atoms with Crippen molar-refractivity contribution in [1.29, 1.82) is 0 Å². The Morgan fingerprint density at radius 2 is 2.22 bits per heavy atom. The summed E-state index contributed by atoms with van der Waals surface area (Å²) in [6.45, 7) is 5.84. The molecule has 1 aliphatic rings. The van der Waals surface area contributed by atoms with Gasteiger partial charge in [-0.05, 0) is 37.5 Å². The second-order valence-corrected chi connectivity index (χ2v) is 6.15. The van der Waals surface area contributed by atoms with Gasteiger partial charge in [0.2, 0.25) is 5.89 Å². The molecule has 1 aliphatic heterocycles. The quantitative estimate of drug-likeness (QED) is 0.737. The molecule has 120 valence electrons. The zero-order valence-corrected chi connectivity index (χ0v) is 13.5. The van der Waals surface area contributed by atoms with Crippen LogP contribution in [0.3, 0.4) is 0 Å². The molecular weight excluding hydrogens is 292 g/mol. The molecule has 1 saturated heterocycles. The second kappa shape index (κ2) is 5.68. The van der Waals surface area contributed by atoms with Crippen molar-refractivity contribution < 1.29 is 8.94 Å². The third kappa shape index (κ3) is 2.69. The van der Waals surface area contributed by atoms with E-state index < -0.39 is 0 Å². The van der Waals surface area contributed by atoms with Gasteiger partial charge in [-0.1, -0.05) is 18.1 Å². The van der Waals surface area contributed by atoms with E-state index in [-0.39, 0.29) is 5.92 Å². The Hall–Kier alpha value is -2.37. The van der Waals surface area contributed by atoms with Crippen molar-refractivity contribution in [3.8, 4) is 0 Å². The lowest BCUT2D eigenvalue weighted by Crippen LogP contribution is -2.34. The molecule has 6 heteroatoms. The van der Waals surface area contributed by atoms with Gasteiger partial charge in [-0.3, -0.25) is 0 Å². The Morgan fingerprint density at radius 3 is 3.04 bits per heavy atom. The molecular formula is C17H20N4O2. The van der Waals surface area contributed by atoms with E-state index in [1.165, 1.54) is 5.56 Å². The summed E-state index contributed by atoms with van der Waals surface area (Å²) in [6.07, 6.45) is 2.91. The van der Waals surface area contributed by atoms with Gasteiger partial charge in [0.15, 0.2) is 11.4 Å². The molecule has 3 aromatic rings. The minimum atomic E-state index is 0.268. The van der Waals surface area contributed by atoms with Gasteiger partial charge in [0.05, 0.1) is 0 Å². The van der Waals surface area contributed by atoms with Gasteiger partial charge in [0.1, 0.15) is 5.52 Å². The average Bonchev–Trinajstić information content (AvgIpc) is 3.21. The summed E-state index contributed by atoms with van der Waals surface area (Å²) in [5.41, 5.74) is 2.93. The topological polar surface area (TPSA) is 68.2 Å². The van der Waals surface area contributed by atoms with Crippen LogP contribution in [0.25, 0.3) is 11.1 Å². The maximum atomic E-state index is 5.92. The van der Waals surface area contributed by atoms with Crippen LogP contribution in [0.1, 0.15) is 43.0 Å². The van der Waals surface area contributed by atoms with Gasteiger partial charge in [-0.2, -0.15) is 9.97 Å². The molecule has 0 spiro atoms. The first kappa shape index (κ1) is 14.2. The van der Waals surface area contributed by atoms with E-state index in [1.54, 1.807) is 0 Å². The molecule has 6 nitrogen and oxygen atoms in total. The van der Waals surface area contributed by atoms with Gasteiger partial charge >= 0.3 is 0 Å². The summed E-state index contributed by atoms with van der Waals surface area (Å²) < 4.78 is 11.2. The van der Waals surface area contributed by atoms with Crippen molar-refractivity contribution in [2.45, 2.75) is 39.0 Å². The molecule has 2 aromatic heterocycles. The monoisotopic (exact) mass is 312 g/mol. The molecule has 0 radical (unpaired) electrons. The highest BCUT2D eigenvalue weighted by Gasteiger charge is 2.27. The lowest BCUT2D eigenvalue weighted by atomic mass is 9.98. The molecule has 0 bridgehead atoms. The Kier molecular flexibility index (Phi) is 3.52. The Labute approximate surface area is 134 Å². The molecule has 23 heavy (non-hydrogen) atoms. The number of nitrogens with zero attached hydrogens (tertiary/aromatic N) is 4. The lowest BCUT2D eigenvalue weighted by Gasteiger charge is -2.29. The predicted molar refractivity (Wildman–Crippen MR) is 86.6 cm³/mol. The van der Waals surface area contributed by atoms with Crippen LogP contribution in [-0.2, 0) is 6.42 Å². The van der Waals surface area contributed by atoms with Crippen LogP contribution in [0, 0.1) is 6.92 Å². The van der Waals surface area contributed by atoms with Gasteiger partial charge in [-0.25, -0.2) is 0 Å². The number of oxazole rings is 1. The maximum Gasteiger partial charge on any atom is 0.298 e. The van der Waals surface area contributed by atoms with E-state index in [4.69, 9.17) is 8.94 Å². The molecule has 1 atom stereocenters. The predicted octanol–water partition coefficient (Wildman–Crippen LogP) is 3.47. The molecule has 3 heterocycles. The van der Waals surface area contributed by atoms with Crippen molar-refractivity contribution in [2.75, 3.05) is 18.0 Å². The normalized spacial score (nSPS) is 18.7. The second-order valence-electron chi connectivity index (χ2n) is 6.15. The SMILES string of the molecule is CCc1nc(C2CCCN(c3nc4cc(C)ccc4o3)C2)no1. The summed E-state index contributed by atoms with van der Waals surface area (Å²) in [7, 11) is 0. The smallest absolute Gasteiger partial charge is 0.298 e. The number of anilines is 1. The van der Waals surface area contributed by atoms with Crippen molar-refractivity contribution in [3.05, 3.63) is 35.5 Å². The van der Waals surface area contributed by atoms with Gasteiger partial charge < -0.3 is 13.8 Å². The van der Waals surface area contributed by atoms with Gasteiger partial charge in [0.25, 0.3) is 6.01 Å². The number of aryl methyl sites for hydroxylation is 2. The van der Waals surface area contributed by atoms with Crippen molar-refractivity contribution in [1.82, 2.24) is 15.1 Å². The molecule has 1 aromatic carbocycles. The Morgan fingerprint density at radius 1 is 1.30 bits per heavy atom. The van der Waals surface area contributed by atoms with Crippen LogP contribution in [0.4, 0.5) is 6.01 Å². The van der Waals surface area contributed by atoms with Crippen LogP contribution >= 0.6 is 0 Å². The zero-order valence-electron chi connectivity index (χ0n) is 13.5. The average molecular weight is 312 g/mol. The number of rotatable bonds is 3. The fourth-order valence-corrected chi connectivity index (χ4v) is 3.10. The number of hydrogen-bond acceptors (Lipinski definition) is 6. The molecule has 0 saturated carbocycles. The number of aromatic nitrogens is 3. The fourth-order valence-electron chi connectivity index (χ4n) is 3.10. The summed E-state index contributed by atoms with van der Waals surface area (Å²) in [6, 6.07) is 6.77. The molecule has 0 amide bonds. The van der Waals surface area contributed by atoms with E-state index in [0.717, 1.165) is 49.3 Å². The summed E-state index contributed by atoms with van der Waals surface area (Å²) in [5.74, 6) is 1.78. The number of hydrogen-bond donors (Lipinski definition) is 0. The Bertz CT molecular complexity index is 823. The first-order valence-corrected chi connectivity index (χ1v) is 8.17. The standard InChI is InChI=1S/C17H20N4O2/c1-3-15-19-16(20-23-15)12-5-4-8-21(10-12)17-18-13-9-11(2)6-7-14(13)22-17/h6-7,9,12H,3-5,8,10H2,1-2H3. The summed E-state index contributed by atoms with van der Waals surface area (Å²) in [4.78, 5) is 11.3. The van der Waals surface area contributed by atoms with Crippen LogP contribution in [-0.4, -0.2) is 28.2 Å². The highest BCUT2D eigenvalue weighted by atomic mass is 16.5. The van der Waals surface area contributed by atoms with Crippen LogP contribution in [0.2, 0.25) is 0 Å². The molecule has 1 unspecified atom stereocenters. The zero-order chi connectivity index (χ0) is 15.8. The van der Waals surface area contributed by atoms with Gasteiger partial charge in [0, 0.05) is 25.4 Å². The largest absolute Gasteiger partial charge is 0.423 e. The highest BCUT2D eigenvalue weighted by molar-refractivity contribution is 5.75. The van der Waals surface area contributed by atoms with E-state index in [2.05, 4.69) is 33.0 Å². The van der Waals surface area contributed by atoms with Crippen molar-refractivity contribution in [3.63, 3.8) is 0 Å². The maximum absolute atomic E-state index is 5.92.